The van der Waals surface area contributed by atoms with Crippen molar-refractivity contribution in [1.29, 1.82) is 0 Å². The van der Waals surface area contributed by atoms with Crippen LogP contribution in [0.3, 0.4) is 0 Å². The molecule has 0 bridgehead atoms. The van der Waals surface area contributed by atoms with E-state index in [1.807, 2.05) is 0 Å². The zero-order valence-corrected chi connectivity index (χ0v) is 11.7. The molecule has 1 aliphatic carbocycles. The normalized spacial score (nSPS) is 35.6. The van der Waals surface area contributed by atoms with Crippen molar-refractivity contribution in [3.8, 4) is 0 Å². The van der Waals surface area contributed by atoms with Crippen LogP contribution in [0.4, 0.5) is 0 Å². The number of carbonyl (C=O) groups is 1. The Hall–Kier alpha value is -0.280. The topological polar surface area (TPSA) is 32.3 Å². The number of piperidine rings is 1. The van der Waals surface area contributed by atoms with E-state index >= 15 is 0 Å². The van der Waals surface area contributed by atoms with Gasteiger partial charge in [0.05, 0.1) is 0 Å². The summed E-state index contributed by atoms with van der Waals surface area (Å²) in [5.74, 6) is 2.76. The lowest BCUT2D eigenvalue weighted by atomic mass is 9.88. The minimum absolute atomic E-state index is 0. The molecule has 0 spiro atoms. The molecule has 3 nitrogen and oxygen atoms in total. The van der Waals surface area contributed by atoms with E-state index in [2.05, 4.69) is 31.0 Å². The number of carbonyl (C=O) groups excluding carboxylic acids is 1. The molecule has 1 saturated carbocycles. The number of hydrogen-bond acceptors (Lipinski definition) is 2. The van der Waals surface area contributed by atoms with Gasteiger partial charge >= 0.3 is 0 Å². The highest BCUT2D eigenvalue weighted by Gasteiger charge is 2.62. The van der Waals surface area contributed by atoms with Crippen LogP contribution in [0.1, 0.15) is 20.8 Å². The third-order valence-electron chi connectivity index (χ3n) is 5.34. The van der Waals surface area contributed by atoms with Crippen molar-refractivity contribution >= 4 is 18.3 Å². The van der Waals surface area contributed by atoms with Gasteiger partial charge in [0.2, 0.25) is 5.91 Å². The smallest absolute Gasteiger partial charge is 0.225 e. The van der Waals surface area contributed by atoms with Crippen molar-refractivity contribution in [2.45, 2.75) is 20.8 Å². The van der Waals surface area contributed by atoms with Crippen LogP contribution in [0.25, 0.3) is 0 Å². The summed E-state index contributed by atoms with van der Waals surface area (Å²) >= 11 is 0. The average molecular weight is 259 g/mol. The predicted octanol–water partition coefficient (Wildman–Crippen LogP) is 1.38. The van der Waals surface area contributed by atoms with Gasteiger partial charge in [0.25, 0.3) is 0 Å². The first-order chi connectivity index (χ1) is 7.51. The van der Waals surface area contributed by atoms with Crippen LogP contribution >= 0.6 is 12.4 Å². The van der Waals surface area contributed by atoms with Crippen LogP contribution in [-0.4, -0.2) is 37.0 Å². The molecule has 17 heavy (non-hydrogen) atoms. The maximum atomic E-state index is 12.3. The van der Waals surface area contributed by atoms with E-state index in [0.717, 1.165) is 38.0 Å². The Labute approximate surface area is 110 Å². The minimum atomic E-state index is 0. The zero-order chi connectivity index (χ0) is 11.5. The van der Waals surface area contributed by atoms with Gasteiger partial charge in [0.15, 0.2) is 0 Å². The predicted molar refractivity (Wildman–Crippen MR) is 70.1 cm³/mol. The largest absolute Gasteiger partial charge is 0.342 e. The molecule has 0 aromatic carbocycles. The molecule has 3 rings (SSSR count). The first kappa shape index (κ1) is 13.2. The molecule has 4 heteroatoms. The molecule has 0 aromatic heterocycles. The number of hydrogen-bond donors (Lipinski definition) is 1. The minimum Gasteiger partial charge on any atom is -0.342 e. The zero-order valence-electron chi connectivity index (χ0n) is 10.9. The van der Waals surface area contributed by atoms with Crippen molar-refractivity contribution in [2.24, 2.45) is 29.1 Å². The van der Waals surface area contributed by atoms with Gasteiger partial charge in [-0.25, -0.2) is 0 Å². The van der Waals surface area contributed by atoms with Gasteiger partial charge in [-0.1, -0.05) is 20.8 Å². The standard InChI is InChI=1S/C13H22N2O.ClH/c1-8(9-4-14-5-9)12(16)15-6-10-11(7-15)13(10,2)3;/h8-11,14H,4-7H2,1-3H3;1H. The fraction of sp³-hybridized carbons (Fsp3) is 0.923. The van der Waals surface area contributed by atoms with Crippen LogP contribution in [0.2, 0.25) is 0 Å². The van der Waals surface area contributed by atoms with Crippen LogP contribution in [0.15, 0.2) is 0 Å². The molecule has 0 aromatic rings. The molecule has 3 aliphatic rings. The van der Waals surface area contributed by atoms with Crippen LogP contribution < -0.4 is 5.32 Å². The Morgan fingerprint density at radius 2 is 1.82 bits per heavy atom. The Balaban J connectivity index is 0.00000108. The molecule has 1 amide bonds. The lowest BCUT2D eigenvalue weighted by Gasteiger charge is -2.34. The van der Waals surface area contributed by atoms with Crippen molar-refractivity contribution in [2.75, 3.05) is 26.2 Å². The number of nitrogens with one attached hydrogen (secondary N) is 1. The van der Waals surface area contributed by atoms with Gasteiger partial charge in [-0.05, 0) is 36.3 Å². The molecule has 0 radical (unpaired) electrons. The van der Waals surface area contributed by atoms with Gasteiger partial charge < -0.3 is 10.2 Å². The van der Waals surface area contributed by atoms with Crippen LogP contribution in [0.5, 0.6) is 0 Å². The summed E-state index contributed by atoms with van der Waals surface area (Å²) in [6.07, 6.45) is 0. The fourth-order valence-corrected chi connectivity index (χ4v) is 3.47. The van der Waals surface area contributed by atoms with E-state index in [9.17, 15) is 4.79 Å². The lowest BCUT2D eigenvalue weighted by Crippen LogP contribution is -2.50. The summed E-state index contributed by atoms with van der Waals surface area (Å²) in [5.41, 5.74) is 0.512. The molecule has 1 N–H and O–H groups in total. The summed E-state index contributed by atoms with van der Waals surface area (Å²) in [5, 5.41) is 3.25. The first-order valence-electron chi connectivity index (χ1n) is 6.51. The Bertz CT molecular complexity index is 313. The maximum absolute atomic E-state index is 12.3. The van der Waals surface area contributed by atoms with Crippen molar-refractivity contribution in [3.63, 3.8) is 0 Å². The molecule has 3 fully saturated rings. The number of halogens is 1. The van der Waals surface area contributed by atoms with E-state index in [1.165, 1.54) is 0 Å². The van der Waals surface area contributed by atoms with E-state index in [0.29, 0.717) is 17.2 Å². The Kier molecular flexibility index (Phi) is 3.20. The molecule has 2 heterocycles. The van der Waals surface area contributed by atoms with Gasteiger partial charge in [-0.2, -0.15) is 0 Å². The summed E-state index contributed by atoms with van der Waals surface area (Å²) in [6.45, 7) is 10.9. The highest BCUT2D eigenvalue weighted by atomic mass is 35.5. The van der Waals surface area contributed by atoms with Gasteiger partial charge in [0, 0.05) is 19.0 Å². The van der Waals surface area contributed by atoms with Crippen molar-refractivity contribution < 1.29 is 4.79 Å². The molecular weight excluding hydrogens is 236 g/mol. The molecule has 98 valence electrons. The second-order valence-corrected chi connectivity index (χ2v) is 6.48. The fourth-order valence-electron chi connectivity index (χ4n) is 3.47. The first-order valence-corrected chi connectivity index (χ1v) is 6.51. The average Bonchev–Trinajstić information content (AvgIpc) is 2.60. The number of amides is 1. The highest BCUT2D eigenvalue weighted by molar-refractivity contribution is 5.85. The number of fused-ring (bicyclic) bond motifs is 1. The van der Waals surface area contributed by atoms with E-state index < -0.39 is 0 Å². The Morgan fingerprint density at radius 1 is 1.29 bits per heavy atom. The maximum Gasteiger partial charge on any atom is 0.225 e. The second-order valence-electron chi connectivity index (χ2n) is 6.48. The van der Waals surface area contributed by atoms with Crippen LogP contribution in [-0.2, 0) is 4.79 Å². The Morgan fingerprint density at radius 3 is 2.24 bits per heavy atom. The van der Waals surface area contributed by atoms with Gasteiger partial charge in [0.1, 0.15) is 0 Å². The summed E-state index contributed by atoms with van der Waals surface area (Å²) < 4.78 is 0. The second kappa shape index (κ2) is 4.13. The monoisotopic (exact) mass is 258 g/mol. The lowest BCUT2D eigenvalue weighted by molar-refractivity contribution is -0.137. The number of likely N-dealkylation sites (tertiary alicyclic amines) is 1. The van der Waals surface area contributed by atoms with E-state index in [4.69, 9.17) is 0 Å². The summed E-state index contributed by atoms with van der Waals surface area (Å²) in [7, 11) is 0. The highest BCUT2D eigenvalue weighted by Crippen LogP contribution is 2.62. The third kappa shape index (κ3) is 1.88. The number of rotatable bonds is 2. The van der Waals surface area contributed by atoms with Crippen molar-refractivity contribution in [1.82, 2.24) is 10.2 Å². The van der Waals surface area contributed by atoms with E-state index in [1.54, 1.807) is 0 Å². The quantitative estimate of drug-likeness (QED) is 0.812. The third-order valence-corrected chi connectivity index (χ3v) is 5.34. The van der Waals surface area contributed by atoms with Gasteiger partial charge in [-0.3, -0.25) is 4.79 Å². The molecule has 2 saturated heterocycles. The SMILES string of the molecule is CC(C(=O)N1CC2C(C1)C2(C)C)C1CNC1.Cl. The molecule has 3 unspecified atom stereocenters. The van der Waals surface area contributed by atoms with E-state index in [-0.39, 0.29) is 18.3 Å². The summed E-state index contributed by atoms with van der Waals surface area (Å²) in [6, 6.07) is 0. The molecule has 2 aliphatic heterocycles. The van der Waals surface area contributed by atoms with Crippen LogP contribution in [0, 0.1) is 29.1 Å². The van der Waals surface area contributed by atoms with Gasteiger partial charge in [-0.15, -0.1) is 12.4 Å². The molecule has 3 atom stereocenters. The van der Waals surface area contributed by atoms with Crippen molar-refractivity contribution in [3.05, 3.63) is 0 Å². The summed E-state index contributed by atoms with van der Waals surface area (Å²) in [4.78, 5) is 14.4. The molecular formula is C13H23ClN2O. The number of nitrogens with zero attached hydrogens (tertiary/aromatic N) is 1.